The smallest absolute Gasteiger partial charge is 0.313 e. The second-order valence-electron chi connectivity index (χ2n) is 5.44. The van der Waals surface area contributed by atoms with Crippen LogP contribution in [-0.4, -0.2) is 23.9 Å². The lowest BCUT2D eigenvalue weighted by molar-refractivity contribution is -0.136. The zero-order valence-corrected chi connectivity index (χ0v) is 13.9. The standard InChI is InChI=1S/C18H21N3O3/c1-12(15-7-5-9-19-11-15)20-17(22)18(23)21-16-8-4-6-14(10-16)13(2)24-3/h4-13H,1-3H3,(H,20,22)(H,21,23). The molecule has 0 bridgehead atoms. The third kappa shape index (κ3) is 4.63. The molecule has 2 unspecified atom stereocenters. The van der Waals surface area contributed by atoms with Crippen molar-refractivity contribution in [2.45, 2.75) is 26.0 Å². The molecule has 6 heteroatoms. The molecule has 2 atom stereocenters. The van der Waals surface area contributed by atoms with Crippen molar-refractivity contribution in [3.05, 3.63) is 59.9 Å². The minimum atomic E-state index is -0.715. The molecule has 1 heterocycles. The summed E-state index contributed by atoms with van der Waals surface area (Å²) in [7, 11) is 1.61. The molecule has 24 heavy (non-hydrogen) atoms. The highest BCUT2D eigenvalue weighted by Crippen LogP contribution is 2.19. The average Bonchev–Trinajstić information content (AvgIpc) is 2.61. The molecular weight excluding hydrogens is 306 g/mol. The molecule has 0 aliphatic rings. The van der Waals surface area contributed by atoms with Crippen molar-refractivity contribution in [2.24, 2.45) is 0 Å². The Balaban J connectivity index is 1.98. The number of anilines is 1. The van der Waals surface area contributed by atoms with Gasteiger partial charge in [0.25, 0.3) is 0 Å². The lowest BCUT2D eigenvalue weighted by atomic mass is 10.1. The number of amides is 2. The minimum absolute atomic E-state index is 0.0960. The van der Waals surface area contributed by atoms with Crippen molar-refractivity contribution >= 4 is 17.5 Å². The molecule has 0 aliphatic heterocycles. The highest BCUT2D eigenvalue weighted by Gasteiger charge is 2.17. The number of nitrogens with one attached hydrogen (secondary N) is 2. The van der Waals surface area contributed by atoms with Crippen LogP contribution in [0.15, 0.2) is 48.8 Å². The van der Waals surface area contributed by atoms with Gasteiger partial charge < -0.3 is 15.4 Å². The number of pyridine rings is 1. The third-order valence-corrected chi connectivity index (χ3v) is 3.71. The Kier molecular flexibility index (Phi) is 6.03. The number of carbonyl (C=O) groups excluding carboxylic acids is 2. The van der Waals surface area contributed by atoms with Crippen molar-refractivity contribution in [1.29, 1.82) is 0 Å². The summed E-state index contributed by atoms with van der Waals surface area (Å²) in [6.07, 6.45) is 3.21. The van der Waals surface area contributed by atoms with Crippen LogP contribution in [0, 0.1) is 0 Å². The van der Waals surface area contributed by atoms with E-state index in [9.17, 15) is 9.59 Å². The van der Waals surface area contributed by atoms with Crippen LogP contribution in [0.2, 0.25) is 0 Å². The zero-order chi connectivity index (χ0) is 17.5. The number of hydrogen-bond acceptors (Lipinski definition) is 4. The number of nitrogens with zero attached hydrogens (tertiary/aromatic N) is 1. The molecule has 0 aliphatic carbocycles. The van der Waals surface area contributed by atoms with Gasteiger partial charge in [-0.3, -0.25) is 14.6 Å². The van der Waals surface area contributed by atoms with Gasteiger partial charge in [-0.1, -0.05) is 18.2 Å². The number of rotatable bonds is 5. The summed E-state index contributed by atoms with van der Waals surface area (Å²) in [5.74, 6) is -1.41. The molecule has 1 aromatic heterocycles. The van der Waals surface area contributed by atoms with E-state index in [0.717, 1.165) is 11.1 Å². The van der Waals surface area contributed by atoms with E-state index in [0.29, 0.717) is 5.69 Å². The molecule has 1 aromatic carbocycles. The van der Waals surface area contributed by atoms with Crippen molar-refractivity contribution < 1.29 is 14.3 Å². The predicted molar refractivity (Wildman–Crippen MR) is 91.3 cm³/mol. The first-order valence-corrected chi connectivity index (χ1v) is 7.65. The van der Waals surface area contributed by atoms with E-state index in [4.69, 9.17) is 4.74 Å². The van der Waals surface area contributed by atoms with Gasteiger partial charge in [0, 0.05) is 25.2 Å². The SMILES string of the molecule is COC(C)c1cccc(NC(=O)C(=O)NC(C)c2cccnc2)c1. The molecule has 0 radical (unpaired) electrons. The van der Waals surface area contributed by atoms with Gasteiger partial charge in [0.15, 0.2) is 0 Å². The summed E-state index contributed by atoms with van der Waals surface area (Å²) < 4.78 is 5.25. The topological polar surface area (TPSA) is 80.3 Å². The molecule has 0 fully saturated rings. The minimum Gasteiger partial charge on any atom is -0.377 e. The summed E-state index contributed by atoms with van der Waals surface area (Å²) in [5, 5.41) is 5.24. The van der Waals surface area contributed by atoms with Gasteiger partial charge in [0.2, 0.25) is 0 Å². The number of hydrogen-bond donors (Lipinski definition) is 2. The number of aromatic nitrogens is 1. The first-order chi connectivity index (χ1) is 11.5. The third-order valence-electron chi connectivity index (χ3n) is 3.71. The molecule has 2 rings (SSSR count). The maximum absolute atomic E-state index is 12.1. The van der Waals surface area contributed by atoms with Gasteiger partial charge >= 0.3 is 11.8 Å². The molecule has 2 N–H and O–H groups in total. The van der Waals surface area contributed by atoms with E-state index >= 15 is 0 Å². The monoisotopic (exact) mass is 327 g/mol. The van der Waals surface area contributed by atoms with Crippen LogP contribution in [0.4, 0.5) is 5.69 Å². The maximum atomic E-state index is 12.1. The Hall–Kier alpha value is -2.73. The fraction of sp³-hybridized carbons (Fsp3) is 0.278. The van der Waals surface area contributed by atoms with Gasteiger partial charge in [0.1, 0.15) is 0 Å². The Morgan fingerprint density at radius 3 is 2.50 bits per heavy atom. The van der Waals surface area contributed by atoms with Crippen molar-refractivity contribution in [1.82, 2.24) is 10.3 Å². The van der Waals surface area contributed by atoms with Crippen LogP contribution in [0.25, 0.3) is 0 Å². The van der Waals surface area contributed by atoms with E-state index in [-0.39, 0.29) is 12.1 Å². The largest absolute Gasteiger partial charge is 0.377 e. The first kappa shape index (κ1) is 17.6. The fourth-order valence-electron chi connectivity index (χ4n) is 2.17. The predicted octanol–water partition coefficient (Wildman–Crippen LogP) is 2.60. The molecule has 6 nitrogen and oxygen atoms in total. The Labute approximate surface area is 141 Å². The quantitative estimate of drug-likeness (QED) is 0.827. The fourth-order valence-corrected chi connectivity index (χ4v) is 2.17. The Bertz CT molecular complexity index is 704. The number of carbonyl (C=O) groups is 2. The van der Waals surface area contributed by atoms with Crippen LogP contribution in [0.1, 0.15) is 37.1 Å². The maximum Gasteiger partial charge on any atom is 0.313 e. The summed E-state index contributed by atoms with van der Waals surface area (Å²) in [4.78, 5) is 28.1. The highest BCUT2D eigenvalue weighted by molar-refractivity contribution is 6.39. The van der Waals surface area contributed by atoms with Crippen LogP contribution in [-0.2, 0) is 14.3 Å². The van der Waals surface area contributed by atoms with Crippen LogP contribution < -0.4 is 10.6 Å². The van der Waals surface area contributed by atoms with E-state index in [1.165, 1.54) is 0 Å². The summed E-state index contributed by atoms with van der Waals surface area (Å²) in [6.45, 7) is 3.70. The lowest BCUT2D eigenvalue weighted by Gasteiger charge is -2.14. The van der Waals surface area contributed by atoms with Gasteiger partial charge in [-0.05, 0) is 43.2 Å². The van der Waals surface area contributed by atoms with Crippen molar-refractivity contribution in [2.75, 3.05) is 12.4 Å². The number of ether oxygens (including phenoxy) is 1. The van der Waals surface area contributed by atoms with Gasteiger partial charge in [-0.2, -0.15) is 0 Å². The molecule has 0 saturated heterocycles. The zero-order valence-electron chi connectivity index (χ0n) is 13.9. The van der Waals surface area contributed by atoms with Gasteiger partial charge in [-0.25, -0.2) is 0 Å². The molecule has 0 spiro atoms. The second-order valence-corrected chi connectivity index (χ2v) is 5.44. The van der Waals surface area contributed by atoms with Crippen molar-refractivity contribution in [3.8, 4) is 0 Å². The average molecular weight is 327 g/mol. The number of methoxy groups -OCH3 is 1. The Morgan fingerprint density at radius 1 is 1.08 bits per heavy atom. The normalized spacial score (nSPS) is 13.0. The Morgan fingerprint density at radius 2 is 1.83 bits per heavy atom. The lowest BCUT2D eigenvalue weighted by Crippen LogP contribution is -2.36. The van der Waals surface area contributed by atoms with Crippen LogP contribution in [0.5, 0.6) is 0 Å². The van der Waals surface area contributed by atoms with Crippen molar-refractivity contribution in [3.63, 3.8) is 0 Å². The summed E-state index contributed by atoms with van der Waals surface area (Å²) in [5.41, 5.74) is 2.29. The summed E-state index contributed by atoms with van der Waals surface area (Å²) >= 11 is 0. The van der Waals surface area contributed by atoms with Gasteiger partial charge in [-0.15, -0.1) is 0 Å². The van der Waals surface area contributed by atoms with E-state index in [1.807, 2.05) is 19.1 Å². The molecule has 126 valence electrons. The molecular formula is C18H21N3O3. The molecule has 2 aromatic rings. The highest BCUT2D eigenvalue weighted by atomic mass is 16.5. The van der Waals surface area contributed by atoms with Gasteiger partial charge in [0.05, 0.1) is 12.1 Å². The van der Waals surface area contributed by atoms with E-state index in [2.05, 4.69) is 15.6 Å². The van der Waals surface area contributed by atoms with Crippen LogP contribution >= 0.6 is 0 Å². The number of benzene rings is 1. The molecule has 0 saturated carbocycles. The van der Waals surface area contributed by atoms with E-state index < -0.39 is 11.8 Å². The molecule has 2 amide bonds. The summed E-state index contributed by atoms with van der Waals surface area (Å²) in [6, 6.07) is 10.5. The second kappa shape index (κ2) is 8.21. The van der Waals surface area contributed by atoms with E-state index in [1.54, 1.807) is 50.7 Å². The van der Waals surface area contributed by atoms with Crippen LogP contribution in [0.3, 0.4) is 0 Å². The first-order valence-electron chi connectivity index (χ1n) is 7.65.